The van der Waals surface area contributed by atoms with Crippen molar-refractivity contribution in [3.8, 4) is 0 Å². The summed E-state index contributed by atoms with van der Waals surface area (Å²) in [7, 11) is 0. The number of anilines is 1. The van der Waals surface area contributed by atoms with E-state index in [1.54, 1.807) is 6.92 Å². The Balaban J connectivity index is 1.70. The molecule has 3 rings (SSSR count). The molecule has 0 saturated carbocycles. The first kappa shape index (κ1) is 21.2. The van der Waals surface area contributed by atoms with Crippen LogP contribution in [0, 0.1) is 5.82 Å². The first-order valence-corrected chi connectivity index (χ1v) is 9.52. The summed E-state index contributed by atoms with van der Waals surface area (Å²) >= 11 is 0. The van der Waals surface area contributed by atoms with E-state index in [1.807, 2.05) is 6.92 Å². The lowest BCUT2D eigenvalue weighted by Crippen LogP contribution is -2.37. The number of hydrogen-bond donors (Lipinski definition) is 1. The first-order chi connectivity index (χ1) is 14.2. The second kappa shape index (κ2) is 8.44. The van der Waals surface area contributed by atoms with Crippen LogP contribution in [0.15, 0.2) is 42.5 Å². The smallest absolute Gasteiger partial charge is 0.338 e. The minimum Gasteiger partial charge on any atom is -0.449 e. The van der Waals surface area contributed by atoms with Gasteiger partial charge in [-0.25, -0.2) is 9.18 Å². The number of ether oxygens (including phenoxy) is 1. The summed E-state index contributed by atoms with van der Waals surface area (Å²) in [6, 6.07) is 9.00. The van der Waals surface area contributed by atoms with Crippen LogP contribution in [0.25, 0.3) is 0 Å². The second-order valence-electron chi connectivity index (χ2n) is 7.04. The lowest BCUT2D eigenvalue weighted by Gasteiger charge is -2.20. The van der Waals surface area contributed by atoms with Crippen LogP contribution in [0.1, 0.15) is 58.3 Å². The van der Waals surface area contributed by atoms with E-state index in [-0.39, 0.29) is 22.7 Å². The Morgan fingerprint density at radius 1 is 1.03 bits per heavy atom. The second-order valence-corrected chi connectivity index (χ2v) is 7.04. The van der Waals surface area contributed by atoms with Crippen molar-refractivity contribution in [3.63, 3.8) is 0 Å². The summed E-state index contributed by atoms with van der Waals surface area (Å²) in [5.41, 5.74) is 0.788. The van der Waals surface area contributed by atoms with Gasteiger partial charge in [0.1, 0.15) is 5.82 Å². The Morgan fingerprint density at radius 2 is 1.67 bits per heavy atom. The predicted octanol–water partition coefficient (Wildman–Crippen LogP) is 3.40. The summed E-state index contributed by atoms with van der Waals surface area (Å²) in [5.74, 6) is -2.69. The summed E-state index contributed by atoms with van der Waals surface area (Å²) < 4.78 is 18.1. The number of nitrogens with zero attached hydrogens (tertiary/aromatic N) is 1. The maximum absolute atomic E-state index is 12.9. The maximum atomic E-state index is 12.9. The highest BCUT2D eigenvalue weighted by Gasteiger charge is 2.38. The number of nitrogens with one attached hydrogen (secondary N) is 1. The molecule has 0 spiro atoms. The zero-order chi connectivity index (χ0) is 22.0. The molecule has 0 unspecified atom stereocenters. The van der Waals surface area contributed by atoms with Crippen LogP contribution in [-0.2, 0) is 9.53 Å². The van der Waals surface area contributed by atoms with Crippen LogP contribution in [0.5, 0.6) is 0 Å². The number of imide groups is 1. The number of benzene rings is 2. The van der Waals surface area contributed by atoms with E-state index >= 15 is 0 Å². The number of amides is 3. The van der Waals surface area contributed by atoms with Gasteiger partial charge in [0.05, 0.1) is 16.7 Å². The van der Waals surface area contributed by atoms with Gasteiger partial charge in [-0.3, -0.25) is 19.3 Å². The molecule has 2 aromatic rings. The van der Waals surface area contributed by atoms with Crippen molar-refractivity contribution in [2.45, 2.75) is 39.3 Å². The number of carbonyl (C=O) groups excluding carboxylic acids is 4. The minimum atomic E-state index is -1.13. The predicted molar refractivity (Wildman–Crippen MR) is 107 cm³/mol. The van der Waals surface area contributed by atoms with Crippen molar-refractivity contribution in [1.29, 1.82) is 0 Å². The average molecular weight is 412 g/mol. The monoisotopic (exact) mass is 412 g/mol. The molecule has 0 aliphatic carbocycles. The largest absolute Gasteiger partial charge is 0.449 e. The highest BCUT2D eigenvalue weighted by atomic mass is 19.1. The quantitative estimate of drug-likeness (QED) is 0.580. The number of rotatable bonds is 6. The lowest BCUT2D eigenvalue weighted by atomic mass is 10.1. The van der Waals surface area contributed by atoms with Gasteiger partial charge < -0.3 is 10.1 Å². The van der Waals surface area contributed by atoms with Gasteiger partial charge in [-0.05, 0) is 62.7 Å². The van der Waals surface area contributed by atoms with Crippen molar-refractivity contribution >= 4 is 29.4 Å². The van der Waals surface area contributed by atoms with E-state index < -0.39 is 35.6 Å². The fraction of sp³-hybridized carbons (Fsp3) is 0.273. The Bertz CT molecular complexity index is 1020. The van der Waals surface area contributed by atoms with Gasteiger partial charge in [-0.15, -0.1) is 0 Å². The number of carbonyl (C=O) groups is 4. The number of hydrogen-bond acceptors (Lipinski definition) is 5. The first-order valence-electron chi connectivity index (χ1n) is 9.52. The lowest BCUT2D eigenvalue weighted by molar-refractivity contribution is -0.123. The summed E-state index contributed by atoms with van der Waals surface area (Å²) in [5, 5.41) is 2.52. The van der Waals surface area contributed by atoms with Crippen molar-refractivity contribution in [1.82, 2.24) is 4.90 Å². The third kappa shape index (κ3) is 4.07. The van der Waals surface area contributed by atoms with Gasteiger partial charge in [-0.2, -0.15) is 0 Å². The van der Waals surface area contributed by atoms with Gasteiger partial charge in [0.15, 0.2) is 6.10 Å². The van der Waals surface area contributed by atoms with Crippen LogP contribution in [0.3, 0.4) is 0 Å². The highest BCUT2D eigenvalue weighted by Crippen LogP contribution is 2.27. The van der Waals surface area contributed by atoms with Crippen molar-refractivity contribution in [2.24, 2.45) is 0 Å². The van der Waals surface area contributed by atoms with Crippen LogP contribution in [-0.4, -0.2) is 40.7 Å². The fourth-order valence-corrected chi connectivity index (χ4v) is 3.03. The van der Waals surface area contributed by atoms with Crippen molar-refractivity contribution < 1.29 is 28.3 Å². The Kier molecular flexibility index (Phi) is 5.96. The molecule has 0 aromatic heterocycles. The van der Waals surface area contributed by atoms with E-state index in [0.717, 1.165) is 0 Å². The third-order valence-corrected chi connectivity index (χ3v) is 4.95. The molecule has 1 aliphatic heterocycles. The Hall–Kier alpha value is -3.55. The molecule has 3 amide bonds. The van der Waals surface area contributed by atoms with Gasteiger partial charge in [0.2, 0.25) is 0 Å². The molecule has 1 heterocycles. The van der Waals surface area contributed by atoms with Gasteiger partial charge in [-0.1, -0.05) is 6.92 Å². The molecule has 0 radical (unpaired) electrons. The standard InChI is InChI=1S/C22H21FN2O5/c1-4-12(2)25-20(27)17-10-5-14(11-18(17)21(25)28)22(29)30-13(3)19(26)24-16-8-6-15(23)7-9-16/h5-13H,4H2,1-3H3,(H,24,26)/t12-,13-/m0/s1. The summed E-state index contributed by atoms with van der Waals surface area (Å²) in [4.78, 5) is 50.9. The fourth-order valence-electron chi connectivity index (χ4n) is 3.03. The minimum absolute atomic E-state index is 0.0577. The summed E-state index contributed by atoms with van der Waals surface area (Å²) in [6.45, 7) is 5.04. The van der Waals surface area contributed by atoms with Crippen LogP contribution in [0.4, 0.5) is 10.1 Å². The van der Waals surface area contributed by atoms with E-state index in [2.05, 4.69) is 5.32 Å². The molecule has 2 atom stereocenters. The molecule has 2 aromatic carbocycles. The molecule has 1 aliphatic rings. The van der Waals surface area contributed by atoms with E-state index in [4.69, 9.17) is 4.74 Å². The Morgan fingerprint density at radius 3 is 2.30 bits per heavy atom. The van der Waals surface area contributed by atoms with Crippen LogP contribution < -0.4 is 5.32 Å². The molecule has 0 bridgehead atoms. The van der Waals surface area contributed by atoms with E-state index in [1.165, 1.54) is 54.3 Å². The average Bonchev–Trinajstić information content (AvgIpc) is 2.98. The van der Waals surface area contributed by atoms with Crippen LogP contribution >= 0.6 is 0 Å². The third-order valence-electron chi connectivity index (χ3n) is 4.95. The zero-order valence-electron chi connectivity index (χ0n) is 16.8. The summed E-state index contributed by atoms with van der Waals surface area (Å²) in [6.07, 6.45) is -0.522. The molecule has 156 valence electrons. The normalized spacial score (nSPS) is 14.9. The molecule has 0 fully saturated rings. The number of fused-ring (bicyclic) bond motifs is 1. The molecule has 30 heavy (non-hydrogen) atoms. The van der Waals surface area contributed by atoms with Gasteiger partial charge >= 0.3 is 5.97 Å². The van der Waals surface area contributed by atoms with Gasteiger partial charge in [0, 0.05) is 11.7 Å². The molecule has 7 nitrogen and oxygen atoms in total. The topological polar surface area (TPSA) is 92.8 Å². The van der Waals surface area contributed by atoms with Gasteiger partial charge in [0.25, 0.3) is 17.7 Å². The Labute approximate surface area is 172 Å². The number of halogens is 1. The zero-order valence-corrected chi connectivity index (χ0v) is 16.8. The van der Waals surface area contributed by atoms with Crippen molar-refractivity contribution in [3.05, 3.63) is 65.0 Å². The molecular formula is C22H21FN2O5. The highest BCUT2D eigenvalue weighted by molar-refractivity contribution is 6.22. The SMILES string of the molecule is CC[C@H](C)N1C(=O)c2ccc(C(=O)O[C@@H](C)C(=O)Nc3ccc(F)cc3)cc2C1=O. The van der Waals surface area contributed by atoms with Crippen LogP contribution in [0.2, 0.25) is 0 Å². The molecular weight excluding hydrogens is 391 g/mol. The maximum Gasteiger partial charge on any atom is 0.338 e. The molecule has 1 N–H and O–H groups in total. The van der Waals surface area contributed by atoms with E-state index in [0.29, 0.717) is 12.1 Å². The molecule has 0 saturated heterocycles. The van der Waals surface area contributed by atoms with Crippen molar-refractivity contribution in [2.75, 3.05) is 5.32 Å². The molecule has 8 heteroatoms. The van der Waals surface area contributed by atoms with E-state index in [9.17, 15) is 23.6 Å². The number of esters is 1.